The van der Waals surface area contributed by atoms with Gasteiger partial charge in [0.15, 0.2) is 9.84 Å². The van der Waals surface area contributed by atoms with Crippen LogP contribution in [0.2, 0.25) is 0 Å². The van der Waals surface area contributed by atoms with Gasteiger partial charge < -0.3 is 9.64 Å². The lowest BCUT2D eigenvalue weighted by Crippen LogP contribution is -2.42. The van der Waals surface area contributed by atoms with E-state index in [0.29, 0.717) is 49.1 Å². The zero-order valence-electron chi connectivity index (χ0n) is 17.6. The van der Waals surface area contributed by atoms with Crippen LogP contribution in [-0.4, -0.2) is 68.9 Å². The van der Waals surface area contributed by atoms with E-state index in [4.69, 9.17) is 4.74 Å². The first-order valence-corrected chi connectivity index (χ1v) is 13.7. The van der Waals surface area contributed by atoms with E-state index in [1.807, 2.05) is 11.0 Å². The Morgan fingerprint density at radius 1 is 1.06 bits per heavy atom. The van der Waals surface area contributed by atoms with Crippen molar-refractivity contribution < 1.29 is 21.6 Å². The summed E-state index contributed by atoms with van der Waals surface area (Å²) in [6.07, 6.45) is 4.50. The molecule has 1 aromatic heterocycles. The topological polar surface area (TPSA) is 110 Å². The Morgan fingerprint density at radius 3 is 2.48 bits per heavy atom. The molecule has 0 N–H and O–H groups in total. The van der Waals surface area contributed by atoms with Crippen molar-refractivity contribution in [2.75, 3.05) is 36.5 Å². The van der Waals surface area contributed by atoms with Crippen molar-refractivity contribution >= 4 is 31.4 Å². The molecule has 0 radical (unpaired) electrons. The molecule has 3 heterocycles. The highest BCUT2D eigenvalue weighted by Gasteiger charge is 2.28. The second-order valence-corrected chi connectivity index (χ2v) is 12.1. The van der Waals surface area contributed by atoms with E-state index in [0.717, 1.165) is 17.7 Å². The number of sulfone groups is 1. The molecule has 0 spiro atoms. The number of benzene rings is 1. The SMILES string of the molecule is CCS(=O)(=O)N1CCC(Oc2cc(N3CCc4cc(S(C)(=O)=O)ccc43)ncn2)CC1. The zero-order chi connectivity index (χ0) is 22.2. The van der Waals surface area contributed by atoms with Gasteiger partial charge in [0.1, 0.15) is 18.2 Å². The van der Waals surface area contributed by atoms with E-state index in [1.54, 1.807) is 25.1 Å². The Morgan fingerprint density at radius 2 is 1.81 bits per heavy atom. The molecular formula is C20H26N4O5S2. The third-order valence-electron chi connectivity index (χ3n) is 5.73. The van der Waals surface area contributed by atoms with Crippen LogP contribution in [0.1, 0.15) is 25.3 Å². The van der Waals surface area contributed by atoms with E-state index >= 15 is 0 Å². The first kappa shape index (κ1) is 22.0. The number of nitrogens with zero attached hydrogens (tertiary/aromatic N) is 4. The van der Waals surface area contributed by atoms with E-state index < -0.39 is 19.9 Å². The summed E-state index contributed by atoms with van der Waals surface area (Å²) >= 11 is 0. The lowest BCUT2D eigenvalue weighted by Gasteiger charge is -2.31. The molecule has 1 fully saturated rings. The third-order valence-corrected chi connectivity index (χ3v) is 8.72. The summed E-state index contributed by atoms with van der Waals surface area (Å²) in [7, 11) is -6.42. The van der Waals surface area contributed by atoms with Crippen LogP contribution in [0.3, 0.4) is 0 Å². The van der Waals surface area contributed by atoms with Crippen molar-refractivity contribution in [3.05, 3.63) is 36.2 Å². The van der Waals surface area contributed by atoms with E-state index in [9.17, 15) is 16.8 Å². The number of rotatable bonds is 6. The predicted octanol–water partition coefficient (Wildman–Crippen LogP) is 1.77. The molecule has 1 aromatic carbocycles. The third kappa shape index (κ3) is 4.68. The summed E-state index contributed by atoms with van der Waals surface area (Å²) in [5.74, 6) is 1.24. The van der Waals surface area contributed by atoms with Crippen LogP contribution in [0.15, 0.2) is 35.5 Å². The summed E-state index contributed by atoms with van der Waals surface area (Å²) in [6, 6.07) is 6.92. The van der Waals surface area contributed by atoms with Gasteiger partial charge in [-0.1, -0.05) is 0 Å². The fourth-order valence-electron chi connectivity index (χ4n) is 3.97. The summed E-state index contributed by atoms with van der Waals surface area (Å²) in [5.41, 5.74) is 1.89. The molecule has 0 unspecified atom stereocenters. The number of hydrogen-bond donors (Lipinski definition) is 0. The van der Waals surface area contributed by atoms with Crippen molar-refractivity contribution in [2.45, 2.75) is 37.2 Å². The lowest BCUT2D eigenvalue weighted by molar-refractivity contribution is 0.130. The molecule has 2 aliphatic heterocycles. The molecule has 2 aliphatic rings. The standard InChI is InChI=1S/C20H26N4O5S2/c1-3-31(27,28)23-9-7-16(8-10-23)29-20-13-19(21-14-22-20)24-11-6-15-12-17(30(2,25)26)4-5-18(15)24/h4-5,12-14,16H,3,6-11H2,1-2H3. The smallest absolute Gasteiger partial charge is 0.218 e. The minimum Gasteiger partial charge on any atom is -0.474 e. The van der Waals surface area contributed by atoms with Crippen molar-refractivity contribution in [2.24, 2.45) is 0 Å². The number of fused-ring (bicyclic) bond motifs is 1. The summed E-state index contributed by atoms with van der Waals surface area (Å²) in [4.78, 5) is 10.9. The second-order valence-electron chi connectivity index (χ2n) is 7.80. The lowest BCUT2D eigenvalue weighted by atomic mass is 10.1. The molecule has 0 atom stereocenters. The molecule has 0 bridgehead atoms. The molecule has 1 saturated heterocycles. The fourth-order valence-corrected chi connectivity index (χ4v) is 5.77. The van der Waals surface area contributed by atoms with Crippen molar-refractivity contribution in [1.82, 2.24) is 14.3 Å². The Balaban J connectivity index is 1.46. The Hall–Kier alpha value is -2.24. The van der Waals surface area contributed by atoms with Crippen LogP contribution in [0.4, 0.5) is 11.5 Å². The highest BCUT2D eigenvalue weighted by Crippen LogP contribution is 2.35. The number of anilines is 2. The fraction of sp³-hybridized carbons (Fsp3) is 0.500. The zero-order valence-corrected chi connectivity index (χ0v) is 19.2. The molecule has 4 rings (SSSR count). The van der Waals surface area contributed by atoms with Gasteiger partial charge in [-0.2, -0.15) is 0 Å². The van der Waals surface area contributed by atoms with Gasteiger partial charge in [0.05, 0.1) is 10.6 Å². The molecule has 31 heavy (non-hydrogen) atoms. The minimum absolute atomic E-state index is 0.103. The molecular weight excluding hydrogens is 440 g/mol. The average molecular weight is 467 g/mol. The van der Waals surface area contributed by atoms with E-state index in [1.165, 1.54) is 16.9 Å². The highest BCUT2D eigenvalue weighted by molar-refractivity contribution is 7.90. The van der Waals surface area contributed by atoms with Gasteiger partial charge in [-0.3, -0.25) is 0 Å². The van der Waals surface area contributed by atoms with Gasteiger partial charge in [0.2, 0.25) is 15.9 Å². The Labute approximate surface area is 183 Å². The van der Waals surface area contributed by atoms with E-state index in [-0.39, 0.29) is 11.9 Å². The maximum atomic E-state index is 12.0. The molecule has 9 nitrogen and oxygen atoms in total. The quantitative estimate of drug-likeness (QED) is 0.634. The van der Waals surface area contributed by atoms with Crippen LogP contribution >= 0.6 is 0 Å². The second kappa shape index (κ2) is 8.36. The average Bonchev–Trinajstić information content (AvgIpc) is 3.17. The summed E-state index contributed by atoms with van der Waals surface area (Å²) < 4.78 is 55.2. The van der Waals surface area contributed by atoms with Gasteiger partial charge in [0, 0.05) is 37.6 Å². The molecule has 0 aliphatic carbocycles. The van der Waals surface area contributed by atoms with E-state index in [2.05, 4.69) is 9.97 Å². The number of piperidine rings is 1. The number of ether oxygens (including phenoxy) is 1. The maximum Gasteiger partial charge on any atom is 0.218 e. The highest BCUT2D eigenvalue weighted by atomic mass is 32.2. The van der Waals surface area contributed by atoms with Gasteiger partial charge in [-0.05, 0) is 49.9 Å². The first-order chi connectivity index (χ1) is 14.7. The maximum absolute atomic E-state index is 12.0. The minimum atomic E-state index is -3.25. The van der Waals surface area contributed by atoms with Crippen molar-refractivity contribution in [1.29, 1.82) is 0 Å². The summed E-state index contributed by atoms with van der Waals surface area (Å²) in [6.45, 7) is 3.23. The van der Waals surface area contributed by atoms with Crippen LogP contribution in [0.5, 0.6) is 5.88 Å². The number of hydrogen-bond acceptors (Lipinski definition) is 8. The van der Waals surface area contributed by atoms with Crippen LogP contribution in [0.25, 0.3) is 0 Å². The van der Waals surface area contributed by atoms with Crippen molar-refractivity contribution in [3.8, 4) is 5.88 Å². The van der Waals surface area contributed by atoms with Crippen LogP contribution < -0.4 is 9.64 Å². The van der Waals surface area contributed by atoms with Gasteiger partial charge >= 0.3 is 0 Å². The molecule has 11 heteroatoms. The largest absolute Gasteiger partial charge is 0.474 e. The number of aromatic nitrogens is 2. The molecule has 168 valence electrons. The van der Waals surface area contributed by atoms with Crippen molar-refractivity contribution in [3.63, 3.8) is 0 Å². The molecule has 0 saturated carbocycles. The normalized spacial score (nSPS) is 18.2. The van der Waals surface area contributed by atoms with Gasteiger partial charge in [-0.25, -0.2) is 31.1 Å². The first-order valence-electron chi connectivity index (χ1n) is 10.2. The summed E-state index contributed by atoms with van der Waals surface area (Å²) in [5, 5.41) is 0. The van der Waals surface area contributed by atoms with Gasteiger partial charge in [-0.15, -0.1) is 0 Å². The van der Waals surface area contributed by atoms with Crippen LogP contribution in [-0.2, 0) is 26.3 Å². The van der Waals surface area contributed by atoms with Gasteiger partial charge in [0.25, 0.3) is 0 Å². The Bertz CT molecular complexity index is 1180. The number of sulfonamides is 1. The molecule has 2 aromatic rings. The predicted molar refractivity (Wildman–Crippen MR) is 117 cm³/mol. The molecule has 0 amide bonds. The monoisotopic (exact) mass is 466 g/mol. The van der Waals surface area contributed by atoms with Crippen LogP contribution in [0, 0.1) is 0 Å². The Kier molecular flexibility index (Phi) is 5.93.